The first-order valence-electron chi connectivity index (χ1n) is 7.72. The predicted molar refractivity (Wildman–Crippen MR) is 109 cm³/mol. The Morgan fingerprint density at radius 1 is 1.12 bits per heavy atom. The lowest BCUT2D eigenvalue weighted by Gasteiger charge is -2.08. The van der Waals surface area contributed by atoms with Gasteiger partial charge in [-0.05, 0) is 38.0 Å². The van der Waals surface area contributed by atoms with Crippen molar-refractivity contribution in [2.45, 2.75) is 20.8 Å². The maximum absolute atomic E-state index is 6.14. The Morgan fingerprint density at radius 3 is 2.56 bits per heavy atom. The smallest absolute Gasteiger partial charge is 0.203 e. The number of nitrogens with one attached hydrogen (secondary N) is 1. The Labute approximate surface area is 161 Å². The van der Waals surface area contributed by atoms with Crippen molar-refractivity contribution in [1.29, 1.82) is 0 Å². The van der Waals surface area contributed by atoms with Gasteiger partial charge in [0, 0.05) is 16.5 Å². The average molecular weight is 390 g/mol. The van der Waals surface area contributed by atoms with Crippen LogP contribution < -0.4 is 5.43 Å². The minimum absolute atomic E-state index is 0.487. The summed E-state index contributed by atoms with van der Waals surface area (Å²) in [7, 11) is 0. The fourth-order valence-corrected chi connectivity index (χ4v) is 3.81. The van der Waals surface area contributed by atoms with Gasteiger partial charge in [-0.2, -0.15) is 5.10 Å². The van der Waals surface area contributed by atoms with Crippen LogP contribution in [-0.4, -0.2) is 11.2 Å². The molecule has 1 N–H and O–H groups in total. The quantitative estimate of drug-likeness (QED) is 0.408. The van der Waals surface area contributed by atoms with Crippen LogP contribution in [0.5, 0.6) is 0 Å². The van der Waals surface area contributed by atoms with Crippen LogP contribution in [0.1, 0.15) is 22.3 Å². The number of hydrogen-bond donors (Lipinski definition) is 1. The molecule has 0 bridgehead atoms. The molecule has 0 saturated carbocycles. The topological polar surface area (TPSA) is 37.3 Å². The van der Waals surface area contributed by atoms with Crippen LogP contribution in [-0.2, 0) is 0 Å². The molecule has 6 heteroatoms. The number of rotatable bonds is 4. The summed E-state index contributed by atoms with van der Waals surface area (Å²) < 4.78 is 0. The molecule has 0 atom stereocenters. The molecule has 3 rings (SSSR count). The highest BCUT2D eigenvalue weighted by atomic mass is 35.5. The van der Waals surface area contributed by atoms with Crippen LogP contribution in [0.3, 0.4) is 0 Å². The van der Waals surface area contributed by atoms with Crippen molar-refractivity contribution in [3.8, 4) is 11.3 Å². The van der Waals surface area contributed by atoms with Crippen molar-refractivity contribution >= 4 is 45.9 Å². The van der Waals surface area contributed by atoms with Gasteiger partial charge in [-0.3, -0.25) is 5.43 Å². The lowest BCUT2D eigenvalue weighted by atomic mass is 9.98. The summed E-state index contributed by atoms with van der Waals surface area (Å²) in [4.78, 5) is 4.64. The predicted octanol–water partition coefficient (Wildman–Crippen LogP) is 6.49. The zero-order valence-electron chi connectivity index (χ0n) is 14.1. The number of halogens is 2. The van der Waals surface area contributed by atoms with Gasteiger partial charge < -0.3 is 0 Å². The molecule has 0 aliphatic rings. The summed E-state index contributed by atoms with van der Waals surface area (Å²) in [6.45, 7) is 6.33. The third kappa shape index (κ3) is 4.03. The number of nitrogens with zero attached hydrogens (tertiary/aromatic N) is 2. The van der Waals surface area contributed by atoms with Crippen LogP contribution in [0.15, 0.2) is 40.8 Å². The van der Waals surface area contributed by atoms with Gasteiger partial charge in [0.1, 0.15) is 0 Å². The van der Waals surface area contributed by atoms with E-state index in [1.165, 1.54) is 33.6 Å². The molecule has 0 aliphatic heterocycles. The van der Waals surface area contributed by atoms with Gasteiger partial charge in [-0.1, -0.05) is 53.0 Å². The van der Waals surface area contributed by atoms with Crippen molar-refractivity contribution in [2.24, 2.45) is 5.10 Å². The molecular formula is C19H17Cl2N3S. The average Bonchev–Trinajstić information content (AvgIpc) is 2.99. The number of anilines is 1. The zero-order chi connectivity index (χ0) is 18.0. The molecule has 2 aromatic carbocycles. The van der Waals surface area contributed by atoms with E-state index in [9.17, 15) is 0 Å². The van der Waals surface area contributed by atoms with Crippen LogP contribution in [0.25, 0.3) is 11.3 Å². The highest BCUT2D eigenvalue weighted by Gasteiger charge is 2.10. The molecule has 0 saturated heterocycles. The zero-order valence-corrected chi connectivity index (χ0v) is 16.4. The van der Waals surface area contributed by atoms with Gasteiger partial charge in [0.25, 0.3) is 0 Å². The number of aromatic nitrogens is 1. The van der Waals surface area contributed by atoms with E-state index in [0.29, 0.717) is 10.0 Å². The van der Waals surface area contributed by atoms with Crippen molar-refractivity contribution < 1.29 is 0 Å². The summed E-state index contributed by atoms with van der Waals surface area (Å²) in [5.41, 5.74) is 9.55. The summed E-state index contributed by atoms with van der Waals surface area (Å²) in [5.74, 6) is 0. The van der Waals surface area contributed by atoms with E-state index >= 15 is 0 Å². The molecule has 0 radical (unpaired) electrons. The first-order valence-corrected chi connectivity index (χ1v) is 9.36. The van der Waals surface area contributed by atoms with E-state index in [2.05, 4.69) is 48.4 Å². The molecule has 128 valence electrons. The number of aryl methyl sites for hydroxylation is 3. The normalized spacial score (nSPS) is 11.2. The number of hydrazone groups is 1. The maximum atomic E-state index is 6.14. The Kier molecular flexibility index (Phi) is 5.42. The third-order valence-electron chi connectivity index (χ3n) is 3.78. The van der Waals surface area contributed by atoms with Crippen LogP contribution in [0.2, 0.25) is 10.0 Å². The molecule has 3 nitrogen and oxygen atoms in total. The largest absolute Gasteiger partial charge is 0.253 e. The number of thiazole rings is 1. The number of benzene rings is 2. The van der Waals surface area contributed by atoms with Gasteiger partial charge in [0.05, 0.1) is 22.0 Å². The summed E-state index contributed by atoms with van der Waals surface area (Å²) >= 11 is 13.7. The van der Waals surface area contributed by atoms with Gasteiger partial charge in [-0.15, -0.1) is 11.3 Å². The Morgan fingerprint density at radius 2 is 1.84 bits per heavy atom. The molecular weight excluding hydrogens is 373 g/mol. The third-order valence-corrected chi connectivity index (χ3v) is 5.36. The lowest BCUT2D eigenvalue weighted by Crippen LogP contribution is -1.93. The fraction of sp³-hybridized carbons (Fsp3) is 0.158. The van der Waals surface area contributed by atoms with E-state index in [1.807, 2.05) is 17.5 Å². The first kappa shape index (κ1) is 17.9. The molecule has 1 heterocycles. The van der Waals surface area contributed by atoms with Crippen molar-refractivity contribution in [3.63, 3.8) is 0 Å². The molecule has 0 fully saturated rings. The van der Waals surface area contributed by atoms with Gasteiger partial charge in [0.2, 0.25) is 5.13 Å². The van der Waals surface area contributed by atoms with E-state index < -0.39 is 0 Å². The fourth-order valence-electron chi connectivity index (χ4n) is 2.80. The van der Waals surface area contributed by atoms with Crippen LogP contribution >= 0.6 is 34.5 Å². The highest BCUT2D eigenvalue weighted by Crippen LogP contribution is 2.31. The molecule has 0 unspecified atom stereocenters. The highest BCUT2D eigenvalue weighted by molar-refractivity contribution is 7.14. The van der Waals surface area contributed by atoms with Crippen molar-refractivity contribution in [2.75, 3.05) is 5.43 Å². The van der Waals surface area contributed by atoms with E-state index in [4.69, 9.17) is 23.2 Å². The molecule has 0 amide bonds. The van der Waals surface area contributed by atoms with Crippen molar-refractivity contribution in [1.82, 2.24) is 4.98 Å². The monoisotopic (exact) mass is 389 g/mol. The lowest BCUT2D eigenvalue weighted by molar-refractivity contribution is 1.26. The Hall–Kier alpha value is -1.88. The SMILES string of the molecule is Cc1cc(C)c(-c2csc(N/N=C\c3cccc(Cl)c3Cl)n2)c(C)c1. The summed E-state index contributed by atoms with van der Waals surface area (Å²) in [6, 6.07) is 9.78. The number of hydrogen-bond acceptors (Lipinski definition) is 4. The Bertz CT molecular complexity index is 925. The molecule has 0 spiro atoms. The van der Waals surface area contributed by atoms with E-state index in [1.54, 1.807) is 12.3 Å². The summed E-state index contributed by atoms with van der Waals surface area (Å²) in [6.07, 6.45) is 1.64. The van der Waals surface area contributed by atoms with E-state index in [-0.39, 0.29) is 0 Å². The maximum Gasteiger partial charge on any atom is 0.203 e. The van der Waals surface area contributed by atoms with E-state index in [0.717, 1.165) is 16.4 Å². The second kappa shape index (κ2) is 7.56. The van der Waals surface area contributed by atoms with Gasteiger partial charge in [0.15, 0.2) is 0 Å². The summed E-state index contributed by atoms with van der Waals surface area (Å²) in [5, 5.41) is 7.97. The standard InChI is InChI=1S/C19H17Cl2N3S/c1-11-7-12(2)17(13(3)8-11)16-10-25-19(23-16)24-22-9-14-5-4-6-15(20)18(14)21/h4-10H,1-3H3,(H,23,24)/b22-9-. The van der Waals surface area contributed by atoms with Gasteiger partial charge in [-0.25, -0.2) is 4.98 Å². The molecule has 3 aromatic rings. The first-order chi connectivity index (χ1) is 12.0. The van der Waals surface area contributed by atoms with Crippen LogP contribution in [0, 0.1) is 20.8 Å². The minimum atomic E-state index is 0.487. The van der Waals surface area contributed by atoms with Crippen LogP contribution in [0.4, 0.5) is 5.13 Å². The minimum Gasteiger partial charge on any atom is -0.253 e. The molecule has 1 aromatic heterocycles. The van der Waals surface area contributed by atoms with Gasteiger partial charge >= 0.3 is 0 Å². The second-order valence-corrected chi connectivity index (χ2v) is 7.47. The molecule has 0 aliphatic carbocycles. The second-order valence-electron chi connectivity index (χ2n) is 5.82. The van der Waals surface area contributed by atoms with Crippen molar-refractivity contribution in [3.05, 3.63) is 68.0 Å². The molecule has 25 heavy (non-hydrogen) atoms. The Balaban J connectivity index is 1.79.